The van der Waals surface area contributed by atoms with Gasteiger partial charge in [-0.15, -0.1) is 0 Å². The number of pyridine rings is 1. The van der Waals surface area contributed by atoms with Crippen molar-refractivity contribution in [1.29, 1.82) is 5.26 Å². The van der Waals surface area contributed by atoms with Crippen LogP contribution in [0, 0.1) is 23.0 Å². The zero-order valence-corrected chi connectivity index (χ0v) is 15.6. The molecule has 1 heterocycles. The lowest BCUT2D eigenvalue weighted by molar-refractivity contribution is 0.589. The van der Waals surface area contributed by atoms with Gasteiger partial charge in [-0.2, -0.15) is 5.26 Å². The summed E-state index contributed by atoms with van der Waals surface area (Å²) in [7, 11) is -4.31. The van der Waals surface area contributed by atoms with Crippen molar-refractivity contribution in [3.8, 4) is 6.07 Å². The number of hydrogen-bond donors (Lipinski definition) is 1. The Morgan fingerprint density at radius 2 is 1.89 bits per heavy atom. The molecule has 6 nitrogen and oxygen atoms in total. The molecule has 0 fully saturated rings. The highest BCUT2D eigenvalue weighted by Gasteiger charge is 2.21. The molecule has 0 saturated carbocycles. The van der Waals surface area contributed by atoms with E-state index in [0.717, 1.165) is 6.07 Å². The van der Waals surface area contributed by atoms with Gasteiger partial charge in [-0.05, 0) is 31.2 Å². The Morgan fingerprint density at radius 1 is 1.14 bits per heavy atom. The number of halogens is 2. The maximum atomic E-state index is 14.2. The number of rotatable bonds is 5. The summed E-state index contributed by atoms with van der Waals surface area (Å²) in [6.07, 6.45) is 1.13. The second kappa shape index (κ2) is 7.40. The third kappa shape index (κ3) is 3.46. The highest BCUT2D eigenvalue weighted by atomic mass is 32.2. The molecule has 3 rings (SSSR count). The summed E-state index contributed by atoms with van der Waals surface area (Å²) in [4.78, 5) is 12.2. The lowest BCUT2D eigenvalue weighted by Gasteiger charge is -2.13. The number of aromatic nitrogens is 1. The van der Waals surface area contributed by atoms with Crippen molar-refractivity contribution < 1.29 is 17.2 Å². The fraction of sp³-hybridized carbons (Fsp3) is 0.158. The molecule has 1 aromatic heterocycles. The fourth-order valence-electron chi connectivity index (χ4n) is 2.86. The van der Waals surface area contributed by atoms with Crippen molar-refractivity contribution in [3.05, 3.63) is 70.1 Å². The Labute approximate surface area is 159 Å². The number of benzene rings is 2. The van der Waals surface area contributed by atoms with E-state index in [9.17, 15) is 22.0 Å². The molecule has 0 saturated heterocycles. The molecule has 0 aliphatic heterocycles. The van der Waals surface area contributed by atoms with E-state index in [-0.39, 0.29) is 33.2 Å². The van der Waals surface area contributed by atoms with Crippen LogP contribution in [0.3, 0.4) is 0 Å². The monoisotopic (exact) mass is 403 g/mol. The molecular formula is C19H15F2N3O3S. The van der Waals surface area contributed by atoms with E-state index >= 15 is 0 Å². The zero-order valence-electron chi connectivity index (χ0n) is 14.7. The number of sulfonamides is 1. The Morgan fingerprint density at radius 3 is 2.57 bits per heavy atom. The van der Waals surface area contributed by atoms with Gasteiger partial charge in [0.1, 0.15) is 11.6 Å². The summed E-state index contributed by atoms with van der Waals surface area (Å²) < 4.78 is 57.2. The number of fused-ring (bicyclic) bond motifs is 1. The van der Waals surface area contributed by atoms with Crippen molar-refractivity contribution in [2.45, 2.75) is 24.8 Å². The Bertz CT molecular complexity index is 1280. The number of aryl methyl sites for hydroxylation is 1. The summed E-state index contributed by atoms with van der Waals surface area (Å²) in [5, 5.41) is 8.99. The summed E-state index contributed by atoms with van der Waals surface area (Å²) in [6, 6.07) is 8.84. The minimum absolute atomic E-state index is 0.173. The standard InChI is InChI=1S/C19H15F2N3O3S/c1-2-24-9-7-13-14(19(24)25)4-3-5-18(13)28(26,27)23-17-11-15(20)12(6-8-22)10-16(17)21/h3-5,7,9-11,23H,2,6H2,1H3. The molecule has 28 heavy (non-hydrogen) atoms. The fourth-order valence-corrected chi connectivity index (χ4v) is 4.14. The first-order chi connectivity index (χ1) is 13.3. The van der Waals surface area contributed by atoms with Crippen LogP contribution in [0.2, 0.25) is 0 Å². The quantitative estimate of drug-likeness (QED) is 0.708. The van der Waals surface area contributed by atoms with E-state index < -0.39 is 27.3 Å². The summed E-state index contributed by atoms with van der Waals surface area (Å²) >= 11 is 0. The maximum Gasteiger partial charge on any atom is 0.262 e. The maximum absolute atomic E-state index is 14.2. The normalized spacial score (nSPS) is 11.4. The van der Waals surface area contributed by atoms with Crippen LogP contribution >= 0.6 is 0 Å². The molecule has 0 amide bonds. The minimum atomic E-state index is -4.31. The smallest absolute Gasteiger partial charge is 0.262 e. The van der Waals surface area contributed by atoms with Crippen LogP contribution < -0.4 is 10.3 Å². The van der Waals surface area contributed by atoms with Crippen LogP contribution in [0.15, 0.2) is 52.3 Å². The molecule has 0 bridgehead atoms. The van der Waals surface area contributed by atoms with Gasteiger partial charge in [-0.25, -0.2) is 17.2 Å². The number of nitriles is 1. The molecule has 2 aromatic carbocycles. The number of nitrogens with zero attached hydrogens (tertiary/aromatic N) is 2. The topological polar surface area (TPSA) is 92.0 Å². The second-order valence-corrected chi connectivity index (χ2v) is 7.64. The lowest BCUT2D eigenvalue weighted by Crippen LogP contribution is -2.20. The number of anilines is 1. The van der Waals surface area contributed by atoms with Crippen LogP contribution in [-0.4, -0.2) is 13.0 Å². The molecule has 0 aliphatic rings. The lowest BCUT2D eigenvalue weighted by atomic mass is 10.1. The highest BCUT2D eigenvalue weighted by Crippen LogP contribution is 2.26. The van der Waals surface area contributed by atoms with Crippen LogP contribution in [0.1, 0.15) is 12.5 Å². The van der Waals surface area contributed by atoms with Gasteiger partial charge in [0.05, 0.1) is 23.1 Å². The molecule has 0 aliphatic carbocycles. The predicted molar refractivity (Wildman–Crippen MR) is 100 cm³/mol. The molecule has 0 spiro atoms. The molecule has 9 heteroatoms. The van der Waals surface area contributed by atoms with Crippen molar-refractivity contribution in [2.75, 3.05) is 4.72 Å². The van der Waals surface area contributed by atoms with Crippen LogP contribution in [0.4, 0.5) is 14.5 Å². The summed E-state index contributed by atoms with van der Waals surface area (Å²) in [6.45, 7) is 2.20. The third-order valence-electron chi connectivity index (χ3n) is 4.26. The van der Waals surface area contributed by atoms with E-state index in [1.54, 1.807) is 13.0 Å². The summed E-state index contributed by atoms with van der Waals surface area (Å²) in [5.74, 6) is -1.91. The van der Waals surface area contributed by atoms with Gasteiger partial charge in [0, 0.05) is 35.1 Å². The predicted octanol–water partition coefficient (Wildman–Crippen LogP) is 3.17. The first-order valence-corrected chi connectivity index (χ1v) is 9.76. The molecule has 144 valence electrons. The van der Waals surface area contributed by atoms with E-state index in [0.29, 0.717) is 12.6 Å². The van der Waals surface area contributed by atoms with Crippen molar-refractivity contribution >= 4 is 26.5 Å². The third-order valence-corrected chi connectivity index (χ3v) is 5.68. The van der Waals surface area contributed by atoms with E-state index in [1.807, 2.05) is 4.72 Å². The minimum Gasteiger partial charge on any atom is -0.315 e. The highest BCUT2D eigenvalue weighted by molar-refractivity contribution is 7.93. The average molecular weight is 403 g/mol. The SMILES string of the molecule is CCn1ccc2c(S(=O)(=O)Nc3cc(F)c(CC#N)cc3F)cccc2c1=O. The summed E-state index contributed by atoms with van der Waals surface area (Å²) in [5.41, 5.74) is -1.11. The molecule has 0 radical (unpaired) electrons. The van der Waals surface area contributed by atoms with Crippen molar-refractivity contribution in [1.82, 2.24) is 4.57 Å². The van der Waals surface area contributed by atoms with Gasteiger partial charge in [0.15, 0.2) is 0 Å². The van der Waals surface area contributed by atoms with Gasteiger partial charge in [0.25, 0.3) is 15.6 Å². The van der Waals surface area contributed by atoms with E-state index in [2.05, 4.69) is 0 Å². The van der Waals surface area contributed by atoms with Gasteiger partial charge < -0.3 is 4.57 Å². The van der Waals surface area contributed by atoms with Crippen LogP contribution in [0.25, 0.3) is 10.8 Å². The molecule has 1 N–H and O–H groups in total. The zero-order chi connectivity index (χ0) is 20.5. The Balaban J connectivity index is 2.10. The first-order valence-electron chi connectivity index (χ1n) is 8.28. The number of nitrogens with one attached hydrogen (secondary N) is 1. The van der Waals surface area contributed by atoms with Gasteiger partial charge in [0.2, 0.25) is 0 Å². The van der Waals surface area contributed by atoms with Crippen LogP contribution in [0.5, 0.6) is 0 Å². The molecule has 0 atom stereocenters. The molecule has 0 unspecified atom stereocenters. The van der Waals surface area contributed by atoms with E-state index in [4.69, 9.17) is 5.26 Å². The van der Waals surface area contributed by atoms with Crippen molar-refractivity contribution in [3.63, 3.8) is 0 Å². The van der Waals surface area contributed by atoms with E-state index in [1.165, 1.54) is 35.0 Å². The Kier molecular flexibility index (Phi) is 5.16. The van der Waals surface area contributed by atoms with Gasteiger partial charge in [-0.3, -0.25) is 9.52 Å². The Hall–Kier alpha value is -3.25. The largest absolute Gasteiger partial charge is 0.315 e. The van der Waals surface area contributed by atoms with Crippen molar-refractivity contribution in [2.24, 2.45) is 0 Å². The average Bonchev–Trinajstić information content (AvgIpc) is 2.66. The van der Waals surface area contributed by atoms with Gasteiger partial charge in [-0.1, -0.05) is 6.07 Å². The van der Waals surface area contributed by atoms with Crippen LogP contribution in [-0.2, 0) is 23.0 Å². The van der Waals surface area contributed by atoms with Gasteiger partial charge >= 0.3 is 0 Å². The molecule has 3 aromatic rings. The second-order valence-electron chi connectivity index (χ2n) is 5.99. The number of hydrogen-bond acceptors (Lipinski definition) is 4. The molecular weight excluding hydrogens is 388 g/mol. The first kappa shape index (κ1) is 19.5.